The molecule has 33 heavy (non-hydrogen) atoms. The molecular formula is C23H24N4O5S. The molecule has 0 saturated heterocycles. The highest BCUT2D eigenvalue weighted by Crippen LogP contribution is 2.46. The molecule has 2 atom stereocenters. The zero-order chi connectivity index (χ0) is 23.0. The predicted molar refractivity (Wildman–Crippen MR) is 122 cm³/mol. The van der Waals surface area contributed by atoms with Gasteiger partial charge in [-0.3, -0.25) is 14.6 Å². The molecule has 2 aromatic carbocycles. The monoisotopic (exact) mass is 468 g/mol. The van der Waals surface area contributed by atoms with Crippen LogP contribution in [0.1, 0.15) is 41.7 Å². The number of hydrogen-bond donors (Lipinski definition) is 3. The highest BCUT2D eigenvalue weighted by atomic mass is 32.2. The van der Waals surface area contributed by atoms with Gasteiger partial charge >= 0.3 is 0 Å². The van der Waals surface area contributed by atoms with Crippen LogP contribution in [-0.2, 0) is 10.0 Å². The highest BCUT2D eigenvalue weighted by Gasteiger charge is 2.35. The van der Waals surface area contributed by atoms with Crippen LogP contribution in [0.4, 0.5) is 11.5 Å². The van der Waals surface area contributed by atoms with Crippen LogP contribution in [0.15, 0.2) is 53.4 Å². The number of carbonyl (C=O) groups is 1. The third-order valence-electron chi connectivity index (χ3n) is 5.78. The molecule has 1 fully saturated rings. The van der Waals surface area contributed by atoms with Crippen molar-refractivity contribution in [1.29, 1.82) is 0 Å². The van der Waals surface area contributed by atoms with E-state index in [4.69, 9.17) is 9.47 Å². The molecule has 10 heteroatoms. The van der Waals surface area contributed by atoms with Crippen LogP contribution < -0.4 is 19.5 Å². The van der Waals surface area contributed by atoms with Crippen LogP contribution >= 0.6 is 0 Å². The van der Waals surface area contributed by atoms with Crippen molar-refractivity contribution < 1.29 is 22.7 Å². The largest absolute Gasteiger partial charge is 0.490 e. The highest BCUT2D eigenvalue weighted by molar-refractivity contribution is 7.92. The summed E-state index contributed by atoms with van der Waals surface area (Å²) >= 11 is 0. The number of anilines is 2. The number of nitrogens with one attached hydrogen (secondary N) is 3. The minimum absolute atomic E-state index is 0.0629. The Hall–Kier alpha value is -3.53. The number of fused-ring (bicyclic) bond motifs is 1. The van der Waals surface area contributed by atoms with E-state index in [1.54, 1.807) is 18.2 Å². The molecule has 2 aliphatic rings. The summed E-state index contributed by atoms with van der Waals surface area (Å²) < 4.78 is 39.3. The summed E-state index contributed by atoms with van der Waals surface area (Å²) in [5.74, 6) is 2.19. The third kappa shape index (κ3) is 4.65. The molecule has 1 aromatic heterocycles. The Bertz CT molecular complexity index is 1290. The van der Waals surface area contributed by atoms with E-state index in [1.165, 1.54) is 24.3 Å². The van der Waals surface area contributed by atoms with E-state index < -0.39 is 10.0 Å². The Morgan fingerprint density at radius 3 is 2.52 bits per heavy atom. The SMILES string of the molecule is CC1CC1c1cc(NC(=O)c2ccc(NS(=O)(=O)c3ccc4c(c3)OCCCO4)cc2)n[nH]1. The molecule has 5 rings (SSSR count). The Morgan fingerprint density at radius 1 is 1.06 bits per heavy atom. The second kappa shape index (κ2) is 8.43. The number of aromatic nitrogens is 2. The first kappa shape index (κ1) is 21.3. The number of rotatable bonds is 6. The van der Waals surface area contributed by atoms with Crippen molar-refractivity contribution in [2.75, 3.05) is 23.3 Å². The molecule has 0 bridgehead atoms. The summed E-state index contributed by atoms with van der Waals surface area (Å²) in [6.45, 7) is 3.17. The van der Waals surface area contributed by atoms with Crippen molar-refractivity contribution in [1.82, 2.24) is 10.2 Å². The lowest BCUT2D eigenvalue weighted by atomic mass is 10.2. The first-order valence-corrected chi connectivity index (χ1v) is 12.3. The molecule has 2 heterocycles. The molecule has 3 N–H and O–H groups in total. The van der Waals surface area contributed by atoms with Crippen molar-refractivity contribution in [3.05, 3.63) is 59.8 Å². The fourth-order valence-corrected chi connectivity index (χ4v) is 4.82. The first-order valence-electron chi connectivity index (χ1n) is 10.8. The Kier molecular flexibility index (Phi) is 5.45. The quantitative estimate of drug-likeness (QED) is 0.506. The summed E-state index contributed by atoms with van der Waals surface area (Å²) in [7, 11) is -3.84. The average Bonchev–Trinajstić information content (AvgIpc) is 3.43. The van der Waals surface area contributed by atoms with Crippen molar-refractivity contribution in [3.63, 3.8) is 0 Å². The predicted octanol–water partition coefficient (Wildman–Crippen LogP) is 3.75. The van der Waals surface area contributed by atoms with E-state index in [1.807, 2.05) is 6.07 Å². The van der Waals surface area contributed by atoms with Gasteiger partial charge in [-0.1, -0.05) is 6.92 Å². The van der Waals surface area contributed by atoms with Gasteiger partial charge in [0.25, 0.3) is 15.9 Å². The molecule has 0 radical (unpaired) electrons. The van der Waals surface area contributed by atoms with Gasteiger partial charge < -0.3 is 14.8 Å². The summed E-state index contributed by atoms with van der Waals surface area (Å²) in [5.41, 5.74) is 1.75. The van der Waals surface area contributed by atoms with Crippen LogP contribution in [-0.4, -0.2) is 37.7 Å². The molecule has 1 aliphatic heterocycles. The van der Waals surface area contributed by atoms with Gasteiger partial charge in [0.1, 0.15) is 0 Å². The molecule has 0 spiro atoms. The minimum Gasteiger partial charge on any atom is -0.490 e. The second-order valence-electron chi connectivity index (χ2n) is 8.32. The maximum absolute atomic E-state index is 12.8. The molecule has 172 valence electrons. The Balaban J connectivity index is 1.25. The molecule has 9 nitrogen and oxygen atoms in total. The fourth-order valence-electron chi connectivity index (χ4n) is 3.75. The first-order chi connectivity index (χ1) is 15.9. The number of aromatic amines is 1. The Labute approximate surface area is 191 Å². The van der Waals surface area contributed by atoms with Crippen LogP contribution in [0.2, 0.25) is 0 Å². The zero-order valence-electron chi connectivity index (χ0n) is 18.0. The van der Waals surface area contributed by atoms with E-state index in [2.05, 4.69) is 27.2 Å². The van der Waals surface area contributed by atoms with Gasteiger partial charge in [-0.25, -0.2) is 8.42 Å². The van der Waals surface area contributed by atoms with Gasteiger partial charge in [-0.2, -0.15) is 5.10 Å². The van der Waals surface area contributed by atoms with Crippen molar-refractivity contribution >= 4 is 27.4 Å². The molecule has 3 aromatic rings. The maximum atomic E-state index is 12.8. The van der Waals surface area contributed by atoms with E-state index in [-0.39, 0.29) is 10.8 Å². The molecular weight excluding hydrogens is 444 g/mol. The molecule has 1 amide bonds. The molecule has 2 unspecified atom stereocenters. The normalized spacial score (nSPS) is 19.4. The fraction of sp³-hybridized carbons (Fsp3) is 0.304. The lowest BCUT2D eigenvalue weighted by Crippen LogP contribution is -2.14. The number of sulfonamides is 1. The summed E-state index contributed by atoms with van der Waals surface area (Å²) in [6.07, 6.45) is 1.86. The van der Waals surface area contributed by atoms with Gasteiger partial charge in [0.05, 0.1) is 18.1 Å². The third-order valence-corrected chi connectivity index (χ3v) is 7.16. The topological polar surface area (TPSA) is 122 Å². The summed E-state index contributed by atoms with van der Waals surface area (Å²) in [6, 6.07) is 12.5. The van der Waals surface area contributed by atoms with Crippen molar-refractivity contribution in [2.45, 2.75) is 30.6 Å². The number of ether oxygens (including phenoxy) is 2. The van der Waals surface area contributed by atoms with Gasteiger partial charge in [0.15, 0.2) is 17.3 Å². The van der Waals surface area contributed by atoms with Crippen molar-refractivity contribution in [2.24, 2.45) is 5.92 Å². The zero-order valence-corrected chi connectivity index (χ0v) is 18.8. The Morgan fingerprint density at radius 2 is 1.79 bits per heavy atom. The number of nitrogens with zero attached hydrogens (tertiary/aromatic N) is 1. The van der Waals surface area contributed by atoms with E-state index >= 15 is 0 Å². The van der Waals surface area contributed by atoms with E-state index in [0.717, 1.165) is 18.5 Å². The number of hydrogen-bond acceptors (Lipinski definition) is 6. The molecule has 1 aliphatic carbocycles. The van der Waals surface area contributed by atoms with Gasteiger partial charge in [-0.15, -0.1) is 0 Å². The van der Waals surface area contributed by atoms with Crippen LogP contribution in [0, 0.1) is 5.92 Å². The molecule has 1 saturated carbocycles. The number of benzene rings is 2. The van der Waals surface area contributed by atoms with Gasteiger partial charge in [0, 0.05) is 41.4 Å². The van der Waals surface area contributed by atoms with E-state index in [9.17, 15) is 13.2 Å². The standard InChI is InChI=1S/C23H24N4O5S/c1-14-11-18(14)19-13-22(26-25-19)24-23(28)15-3-5-16(6-4-15)27-33(29,30)17-7-8-20-21(12-17)32-10-2-9-31-20/h3-8,12-14,18,27H,2,9-11H2,1H3,(H2,24,25,26,28). The second-order valence-corrected chi connectivity index (χ2v) is 10.0. The summed E-state index contributed by atoms with van der Waals surface area (Å²) in [4.78, 5) is 12.6. The van der Waals surface area contributed by atoms with Crippen LogP contribution in [0.25, 0.3) is 0 Å². The van der Waals surface area contributed by atoms with Gasteiger partial charge in [-0.05, 0) is 48.7 Å². The number of carbonyl (C=O) groups excluding carboxylic acids is 1. The lowest BCUT2D eigenvalue weighted by Gasteiger charge is -2.12. The smallest absolute Gasteiger partial charge is 0.262 e. The van der Waals surface area contributed by atoms with Crippen LogP contribution in [0.5, 0.6) is 11.5 Å². The minimum atomic E-state index is -3.84. The number of H-pyrrole nitrogens is 1. The van der Waals surface area contributed by atoms with E-state index in [0.29, 0.717) is 53.6 Å². The maximum Gasteiger partial charge on any atom is 0.262 e. The van der Waals surface area contributed by atoms with Gasteiger partial charge in [0.2, 0.25) is 0 Å². The number of amides is 1. The lowest BCUT2D eigenvalue weighted by molar-refractivity contribution is 0.102. The average molecular weight is 469 g/mol. The van der Waals surface area contributed by atoms with Crippen LogP contribution in [0.3, 0.4) is 0 Å². The van der Waals surface area contributed by atoms with Crippen molar-refractivity contribution in [3.8, 4) is 11.5 Å². The summed E-state index contributed by atoms with van der Waals surface area (Å²) in [5, 5.41) is 9.87.